The maximum absolute atomic E-state index is 2.31. The van der Waals surface area contributed by atoms with Crippen LogP contribution in [0, 0.1) is 10.8 Å². The molecule has 0 spiro atoms. The fourth-order valence-corrected chi connectivity index (χ4v) is 2.56. The summed E-state index contributed by atoms with van der Waals surface area (Å²) in [5.74, 6) is 0. The largest absolute Gasteiger partial charge is 0.0561 e. The summed E-state index contributed by atoms with van der Waals surface area (Å²) in [4.78, 5) is 0. The van der Waals surface area contributed by atoms with Crippen LogP contribution in [-0.4, -0.2) is 0 Å². The summed E-state index contributed by atoms with van der Waals surface area (Å²) in [5, 5.41) is 0. The van der Waals surface area contributed by atoms with Crippen molar-refractivity contribution >= 4 is 0 Å². The van der Waals surface area contributed by atoms with E-state index in [9.17, 15) is 0 Å². The van der Waals surface area contributed by atoms with Crippen LogP contribution in [0.5, 0.6) is 0 Å². The monoisotopic (exact) mass is 192 g/mol. The Bertz CT molecular complexity index is 279. The fraction of sp³-hybridized carbons (Fsp3) is 0.714. The van der Waals surface area contributed by atoms with Crippen molar-refractivity contribution < 1.29 is 0 Å². The summed E-state index contributed by atoms with van der Waals surface area (Å²) in [6.07, 6.45) is 0. The Morgan fingerprint density at radius 3 is 0.929 bits per heavy atom. The molecule has 0 atom stereocenters. The molecular weight excluding hydrogens is 168 g/mol. The molecule has 1 rings (SSSR count). The summed E-state index contributed by atoms with van der Waals surface area (Å²) in [5.41, 5.74) is 6.80. The first kappa shape index (κ1) is 11.6. The third kappa shape index (κ3) is 1.67. The standard InChI is InChI=1S/C14H24/c1-9-10(2)12(14(6,7)8)11(9)13(3,4)5/h1-8H3. The van der Waals surface area contributed by atoms with Crippen LogP contribution in [0.3, 0.4) is 0 Å². The Kier molecular flexibility index (Phi) is 2.46. The van der Waals surface area contributed by atoms with Gasteiger partial charge in [-0.15, -0.1) is 0 Å². The minimum absolute atomic E-state index is 0.298. The van der Waals surface area contributed by atoms with Gasteiger partial charge in [0.1, 0.15) is 0 Å². The van der Waals surface area contributed by atoms with Crippen LogP contribution in [0.4, 0.5) is 0 Å². The number of rotatable bonds is 0. The Morgan fingerprint density at radius 2 is 0.786 bits per heavy atom. The lowest BCUT2D eigenvalue weighted by molar-refractivity contribution is 0.438. The minimum atomic E-state index is 0.298. The molecule has 0 aromatic carbocycles. The van der Waals surface area contributed by atoms with Gasteiger partial charge in [-0.05, 0) is 47.0 Å². The minimum Gasteiger partial charge on any atom is -0.0561 e. The highest BCUT2D eigenvalue weighted by atomic mass is 14.4. The van der Waals surface area contributed by atoms with E-state index >= 15 is 0 Å². The van der Waals surface area contributed by atoms with E-state index in [4.69, 9.17) is 0 Å². The van der Waals surface area contributed by atoms with E-state index in [1.165, 1.54) is 11.1 Å². The number of hydrogen-bond donors (Lipinski definition) is 0. The molecule has 0 aromatic heterocycles. The van der Waals surface area contributed by atoms with Gasteiger partial charge in [-0.3, -0.25) is 0 Å². The van der Waals surface area contributed by atoms with Gasteiger partial charge in [-0.25, -0.2) is 0 Å². The first-order chi connectivity index (χ1) is 6.07. The van der Waals surface area contributed by atoms with Crippen molar-refractivity contribution in [1.29, 1.82) is 0 Å². The van der Waals surface area contributed by atoms with Gasteiger partial charge in [-0.2, -0.15) is 0 Å². The van der Waals surface area contributed by atoms with Crippen molar-refractivity contribution in [2.45, 2.75) is 55.4 Å². The van der Waals surface area contributed by atoms with Crippen molar-refractivity contribution in [2.75, 3.05) is 0 Å². The normalized spacial score (nSPS) is 18.9. The van der Waals surface area contributed by atoms with E-state index in [1.54, 1.807) is 11.1 Å². The predicted octanol–water partition coefficient (Wildman–Crippen LogP) is 4.73. The van der Waals surface area contributed by atoms with Crippen molar-refractivity contribution in [1.82, 2.24) is 0 Å². The molecule has 0 radical (unpaired) electrons. The van der Waals surface area contributed by atoms with Crippen molar-refractivity contribution in [3.63, 3.8) is 0 Å². The topological polar surface area (TPSA) is 0 Å². The molecule has 14 heavy (non-hydrogen) atoms. The second-order valence-electron chi connectivity index (χ2n) is 6.50. The van der Waals surface area contributed by atoms with Gasteiger partial charge in [0.25, 0.3) is 0 Å². The summed E-state index contributed by atoms with van der Waals surface area (Å²) in [6.45, 7) is 18.4. The average Bonchev–Trinajstić information content (AvgIpc) is 1.93. The van der Waals surface area contributed by atoms with Crippen LogP contribution < -0.4 is 0 Å². The molecule has 1 aliphatic rings. The lowest BCUT2D eigenvalue weighted by atomic mass is 9.63. The smallest absolute Gasteiger partial charge is 0.0126 e. The Labute approximate surface area is 89.1 Å². The highest BCUT2D eigenvalue weighted by Gasteiger charge is 2.36. The number of hydrogen-bond acceptors (Lipinski definition) is 0. The summed E-state index contributed by atoms with van der Waals surface area (Å²) in [7, 11) is 0. The number of allylic oxidation sites excluding steroid dienone is 4. The molecule has 0 fully saturated rings. The summed E-state index contributed by atoms with van der Waals surface area (Å²) >= 11 is 0. The Balaban J connectivity index is 3.20. The zero-order valence-electron chi connectivity index (χ0n) is 11.0. The van der Waals surface area contributed by atoms with E-state index in [-0.39, 0.29) is 0 Å². The Hall–Kier alpha value is -0.520. The van der Waals surface area contributed by atoms with Gasteiger partial charge >= 0.3 is 0 Å². The second-order valence-corrected chi connectivity index (χ2v) is 6.50. The molecule has 0 aliphatic heterocycles. The van der Waals surface area contributed by atoms with E-state index < -0.39 is 0 Å². The van der Waals surface area contributed by atoms with E-state index in [1.807, 2.05) is 0 Å². The first-order valence-electron chi connectivity index (χ1n) is 5.50. The maximum Gasteiger partial charge on any atom is -0.0126 e. The summed E-state index contributed by atoms with van der Waals surface area (Å²) < 4.78 is 0. The molecule has 80 valence electrons. The van der Waals surface area contributed by atoms with Crippen LogP contribution in [-0.2, 0) is 0 Å². The van der Waals surface area contributed by atoms with Gasteiger partial charge < -0.3 is 0 Å². The predicted molar refractivity (Wildman–Crippen MR) is 64.3 cm³/mol. The highest BCUT2D eigenvalue weighted by molar-refractivity contribution is 5.61. The lowest BCUT2D eigenvalue weighted by Crippen LogP contribution is -2.28. The third-order valence-corrected chi connectivity index (χ3v) is 3.06. The molecule has 0 amide bonds. The van der Waals surface area contributed by atoms with E-state index in [0.29, 0.717) is 10.8 Å². The van der Waals surface area contributed by atoms with Crippen LogP contribution in [0.25, 0.3) is 0 Å². The van der Waals surface area contributed by atoms with Gasteiger partial charge in [0.2, 0.25) is 0 Å². The van der Waals surface area contributed by atoms with Crippen LogP contribution in [0.1, 0.15) is 55.4 Å². The van der Waals surface area contributed by atoms with Gasteiger partial charge in [0.15, 0.2) is 0 Å². The zero-order valence-corrected chi connectivity index (χ0v) is 11.0. The molecule has 0 N–H and O–H groups in total. The molecule has 0 heteroatoms. The quantitative estimate of drug-likeness (QED) is 0.520. The maximum atomic E-state index is 2.31. The third-order valence-electron chi connectivity index (χ3n) is 3.06. The van der Waals surface area contributed by atoms with E-state index in [2.05, 4.69) is 55.4 Å². The molecule has 0 unspecified atom stereocenters. The van der Waals surface area contributed by atoms with Crippen molar-refractivity contribution in [3.8, 4) is 0 Å². The van der Waals surface area contributed by atoms with Gasteiger partial charge in [0.05, 0.1) is 0 Å². The molecule has 0 bridgehead atoms. The second kappa shape index (κ2) is 2.98. The molecule has 0 saturated carbocycles. The van der Waals surface area contributed by atoms with Crippen molar-refractivity contribution in [2.24, 2.45) is 10.8 Å². The molecular formula is C14H24. The average molecular weight is 192 g/mol. The molecule has 0 aromatic rings. The van der Waals surface area contributed by atoms with Crippen LogP contribution >= 0.6 is 0 Å². The lowest BCUT2D eigenvalue weighted by Gasteiger charge is -2.42. The molecule has 0 nitrogen and oxygen atoms in total. The fourth-order valence-electron chi connectivity index (χ4n) is 2.56. The Morgan fingerprint density at radius 1 is 0.571 bits per heavy atom. The SMILES string of the molecule is CC1=C(C)C(C(C)(C)C)=C1C(C)(C)C. The zero-order chi connectivity index (χ0) is 11.3. The van der Waals surface area contributed by atoms with Crippen LogP contribution in [0.2, 0.25) is 0 Å². The molecule has 1 aliphatic carbocycles. The molecule has 0 heterocycles. The van der Waals surface area contributed by atoms with E-state index in [0.717, 1.165) is 0 Å². The van der Waals surface area contributed by atoms with Crippen molar-refractivity contribution in [3.05, 3.63) is 22.3 Å². The van der Waals surface area contributed by atoms with Crippen LogP contribution in [0.15, 0.2) is 22.3 Å². The van der Waals surface area contributed by atoms with Gasteiger partial charge in [0, 0.05) is 0 Å². The first-order valence-corrected chi connectivity index (χ1v) is 5.50. The highest BCUT2D eigenvalue weighted by Crippen LogP contribution is 2.51. The summed E-state index contributed by atoms with van der Waals surface area (Å²) in [6, 6.07) is 0. The van der Waals surface area contributed by atoms with Gasteiger partial charge in [-0.1, -0.05) is 41.5 Å². The molecule has 0 saturated heterocycles.